The predicted octanol–water partition coefficient (Wildman–Crippen LogP) is 1.76. The van der Waals surface area contributed by atoms with Gasteiger partial charge in [0.15, 0.2) is 0 Å². The van der Waals surface area contributed by atoms with Crippen LogP contribution in [-0.2, 0) is 11.8 Å². The first kappa shape index (κ1) is 17.5. The highest BCUT2D eigenvalue weighted by Gasteiger charge is 2.14. The van der Waals surface area contributed by atoms with E-state index in [1.165, 1.54) is 0 Å². The van der Waals surface area contributed by atoms with Gasteiger partial charge in [0.05, 0.1) is 29.2 Å². The van der Waals surface area contributed by atoms with E-state index in [0.29, 0.717) is 11.3 Å². The van der Waals surface area contributed by atoms with Gasteiger partial charge in [-0.2, -0.15) is 5.10 Å². The molecule has 0 saturated carbocycles. The van der Waals surface area contributed by atoms with Crippen LogP contribution in [0.3, 0.4) is 0 Å². The Balaban J connectivity index is 2.08. The van der Waals surface area contributed by atoms with Gasteiger partial charge in [-0.1, -0.05) is 11.6 Å². The lowest BCUT2D eigenvalue weighted by Gasteiger charge is -2.12. The monoisotopic (exact) mass is 329 g/mol. The van der Waals surface area contributed by atoms with E-state index in [9.17, 15) is 9.59 Å². The number of hydrogen-bond donors (Lipinski definition) is 3. The van der Waals surface area contributed by atoms with E-state index in [-0.39, 0.29) is 18.4 Å². The number of amides is 2. The molecule has 0 aliphatic rings. The summed E-state index contributed by atoms with van der Waals surface area (Å²) >= 11 is 0. The van der Waals surface area contributed by atoms with Crippen molar-refractivity contribution in [2.75, 3.05) is 24.2 Å². The number of hydrogen-bond acceptors (Lipinski definition) is 4. The molecule has 2 rings (SSSR count). The van der Waals surface area contributed by atoms with Crippen LogP contribution in [-0.4, -0.2) is 35.2 Å². The fourth-order valence-electron chi connectivity index (χ4n) is 2.45. The van der Waals surface area contributed by atoms with Crippen molar-refractivity contribution in [2.45, 2.75) is 20.8 Å². The summed E-state index contributed by atoms with van der Waals surface area (Å²) < 4.78 is 1.72. The zero-order valence-electron chi connectivity index (χ0n) is 14.7. The molecular formula is C17H23N5O2. The summed E-state index contributed by atoms with van der Waals surface area (Å²) in [5.41, 5.74) is 4.49. The van der Waals surface area contributed by atoms with Gasteiger partial charge in [0.25, 0.3) is 5.91 Å². The van der Waals surface area contributed by atoms with E-state index < -0.39 is 0 Å². The molecule has 1 heterocycles. The SMILES string of the molecule is CNC(=O)c1cc(C)ccc1NCC(=O)Nc1c(C)nn(C)c1C. The Morgan fingerprint density at radius 2 is 1.92 bits per heavy atom. The van der Waals surface area contributed by atoms with Crippen LogP contribution in [0.5, 0.6) is 0 Å². The van der Waals surface area contributed by atoms with Crippen molar-refractivity contribution in [1.29, 1.82) is 0 Å². The van der Waals surface area contributed by atoms with E-state index in [1.807, 2.05) is 33.9 Å². The Bertz CT molecular complexity index is 780. The maximum atomic E-state index is 12.2. The van der Waals surface area contributed by atoms with Crippen LogP contribution in [0.1, 0.15) is 27.3 Å². The minimum Gasteiger partial charge on any atom is -0.376 e. The molecule has 1 aromatic heterocycles. The largest absolute Gasteiger partial charge is 0.376 e. The first-order valence-corrected chi connectivity index (χ1v) is 7.70. The number of nitrogens with one attached hydrogen (secondary N) is 3. The second-order valence-corrected chi connectivity index (χ2v) is 5.70. The van der Waals surface area contributed by atoms with E-state index in [2.05, 4.69) is 21.0 Å². The van der Waals surface area contributed by atoms with Crippen LogP contribution < -0.4 is 16.0 Å². The molecule has 1 aromatic carbocycles. The first-order valence-electron chi connectivity index (χ1n) is 7.70. The molecule has 128 valence electrons. The normalized spacial score (nSPS) is 10.4. The smallest absolute Gasteiger partial charge is 0.253 e. The van der Waals surface area contributed by atoms with Gasteiger partial charge >= 0.3 is 0 Å². The van der Waals surface area contributed by atoms with Crippen LogP contribution in [0.4, 0.5) is 11.4 Å². The van der Waals surface area contributed by atoms with Crippen LogP contribution in [0.15, 0.2) is 18.2 Å². The Hall–Kier alpha value is -2.83. The number of rotatable bonds is 5. The standard InChI is InChI=1S/C17H23N5O2/c1-10-6-7-14(13(8-10)17(24)18-4)19-9-15(23)20-16-11(2)21-22(5)12(16)3/h6-8,19H,9H2,1-5H3,(H,18,24)(H,20,23). The highest BCUT2D eigenvalue weighted by atomic mass is 16.2. The van der Waals surface area contributed by atoms with Crippen molar-refractivity contribution < 1.29 is 9.59 Å². The van der Waals surface area contributed by atoms with Crippen molar-refractivity contribution in [3.63, 3.8) is 0 Å². The number of anilines is 2. The molecule has 0 unspecified atom stereocenters. The Kier molecular flexibility index (Phi) is 5.23. The molecule has 0 atom stereocenters. The van der Waals surface area contributed by atoms with Crippen molar-refractivity contribution in [3.05, 3.63) is 40.7 Å². The molecule has 0 radical (unpaired) electrons. The number of aryl methyl sites for hydroxylation is 3. The summed E-state index contributed by atoms with van der Waals surface area (Å²) in [6.07, 6.45) is 0. The average molecular weight is 329 g/mol. The number of aromatic nitrogens is 2. The second kappa shape index (κ2) is 7.16. The van der Waals surface area contributed by atoms with E-state index in [1.54, 1.807) is 23.9 Å². The fraction of sp³-hybridized carbons (Fsp3) is 0.353. The van der Waals surface area contributed by atoms with Gasteiger partial charge in [-0.15, -0.1) is 0 Å². The Labute approximate surface area is 141 Å². The number of benzene rings is 1. The third-order valence-electron chi connectivity index (χ3n) is 3.86. The highest BCUT2D eigenvalue weighted by Crippen LogP contribution is 2.19. The molecule has 24 heavy (non-hydrogen) atoms. The van der Waals surface area contributed by atoms with Crippen molar-refractivity contribution in [2.24, 2.45) is 7.05 Å². The quantitative estimate of drug-likeness (QED) is 0.780. The summed E-state index contributed by atoms with van der Waals surface area (Å²) in [4.78, 5) is 24.2. The van der Waals surface area contributed by atoms with Crippen LogP contribution >= 0.6 is 0 Å². The molecular weight excluding hydrogens is 306 g/mol. The lowest BCUT2D eigenvalue weighted by molar-refractivity contribution is -0.114. The topological polar surface area (TPSA) is 88.1 Å². The maximum absolute atomic E-state index is 12.2. The third-order valence-corrected chi connectivity index (χ3v) is 3.86. The molecule has 0 fully saturated rings. The summed E-state index contributed by atoms with van der Waals surface area (Å²) in [6.45, 7) is 5.71. The van der Waals surface area contributed by atoms with Crippen LogP contribution in [0, 0.1) is 20.8 Å². The maximum Gasteiger partial charge on any atom is 0.253 e. The molecule has 0 aliphatic carbocycles. The molecule has 7 heteroatoms. The minimum absolute atomic E-state index is 0.0564. The zero-order chi connectivity index (χ0) is 17.9. The van der Waals surface area contributed by atoms with E-state index >= 15 is 0 Å². The lowest BCUT2D eigenvalue weighted by Crippen LogP contribution is -2.25. The first-order chi connectivity index (χ1) is 11.3. The van der Waals surface area contributed by atoms with Gasteiger partial charge in [0.1, 0.15) is 0 Å². The van der Waals surface area contributed by atoms with Gasteiger partial charge < -0.3 is 16.0 Å². The number of carbonyl (C=O) groups excluding carboxylic acids is 2. The highest BCUT2D eigenvalue weighted by molar-refractivity contribution is 6.01. The average Bonchev–Trinajstić information content (AvgIpc) is 2.79. The number of nitrogens with zero attached hydrogens (tertiary/aromatic N) is 2. The van der Waals surface area contributed by atoms with Crippen molar-refractivity contribution in [3.8, 4) is 0 Å². The van der Waals surface area contributed by atoms with Gasteiger partial charge in [-0.05, 0) is 32.9 Å². The Morgan fingerprint density at radius 3 is 2.50 bits per heavy atom. The second-order valence-electron chi connectivity index (χ2n) is 5.70. The van der Waals surface area contributed by atoms with Gasteiger partial charge in [-0.25, -0.2) is 0 Å². The van der Waals surface area contributed by atoms with E-state index in [4.69, 9.17) is 0 Å². The van der Waals surface area contributed by atoms with Crippen molar-refractivity contribution >= 4 is 23.2 Å². The van der Waals surface area contributed by atoms with Crippen LogP contribution in [0.2, 0.25) is 0 Å². The Morgan fingerprint density at radius 1 is 1.21 bits per heavy atom. The lowest BCUT2D eigenvalue weighted by atomic mass is 10.1. The predicted molar refractivity (Wildman–Crippen MR) is 94.4 cm³/mol. The zero-order valence-corrected chi connectivity index (χ0v) is 14.7. The van der Waals surface area contributed by atoms with Gasteiger partial charge in [0, 0.05) is 19.8 Å². The molecule has 2 aromatic rings. The van der Waals surface area contributed by atoms with Gasteiger partial charge in [0.2, 0.25) is 5.91 Å². The molecule has 0 spiro atoms. The van der Waals surface area contributed by atoms with Crippen molar-refractivity contribution in [1.82, 2.24) is 15.1 Å². The van der Waals surface area contributed by atoms with Crippen LogP contribution in [0.25, 0.3) is 0 Å². The van der Waals surface area contributed by atoms with E-state index in [0.717, 1.165) is 22.6 Å². The third kappa shape index (κ3) is 3.73. The fourth-order valence-corrected chi connectivity index (χ4v) is 2.45. The molecule has 7 nitrogen and oxygen atoms in total. The molecule has 0 bridgehead atoms. The summed E-state index contributed by atoms with van der Waals surface area (Å²) in [5, 5.41) is 12.8. The molecule has 0 aliphatic heterocycles. The van der Waals surface area contributed by atoms with Gasteiger partial charge in [-0.3, -0.25) is 14.3 Å². The summed E-state index contributed by atoms with van der Waals surface area (Å²) in [6, 6.07) is 5.48. The molecule has 0 saturated heterocycles. The summed E-state index contributed by atoms with van der Waals surface area (Å²) in [7, 11) is 3.41. The minimum atomic E-state index is -0.197. The molecule has 3 N–H and O–H groups in total. The summed E-state index contributed by atoms with van der Waals surface area (Å²) in [5.74, 6) is -0.391. The number of carbonyl (C=O) groups is 2. The molecule has 2 amide bonds.